The van der Waals surface area contributed by atoms with Gasteiger partial charge in [0.15, 0.2) is 0 Å². The predicted molar refractivity (Wildman–Crippen MR) is 79.4 cm³/mol. The summed E-state index contributed by atoms with van der Waals surface area (Å²) in [5.41, 5.74) is 1.95. The molecule has 0 saturated heterocycles. The molecule has 7 heteroatoms. The zero-order valence-electron chi connectivity index (χ0n) is 10.8. The number of rotatable bonds is 2. The average molecular weight is 322 g/mol. The number of hydrogen-bond donors (Lipinski definition) is 1. The number of halogens is 2. The standard InChI is InChI=1S/C14H9Cl2N3O2/c1-7-4-9(20)2-3-10(7)14-18-13(19-21-14)12-11(16)5-8(15)6-17-12/h2-6,20H,1H3. The number of aryl methyl sites for hydroxylation is 1. The fourth-order valence-corrected chi connectivity index (χ4v) is 2.36. The Balaban J connectivity index is 2.03. The minimum absolute atomic E-state index is 0.179. The molecule has 2 heterocycles. The Bertz CT molecular complexity index is 752. The molecule has 0 atom stereocenters. The molecular formula is C14H9Cl2N3O2. The monoisotopic (exact) mass is 321 g/mol. The molecule has 0 radical (unpaired) electrons. The van der Waals surface area contributed by atoms with Gasteiger partial charge in [-0.2, -0.15) is 4.98 Å². The van der Waals surface area contributed by atoms with Crippen molar-refractivity contribution in [2.24, 2.45) is 0 Å². The fraction of sp³-hybridized carbons (Fsp3) is 0.0714. The molecule has 0 bridgehead atoms. The Morgan fingerprint density at radius 1 is 1.19 bits per heavy atom. The maximum atomic E-state index is 9.42. The Morgan fingerprint density at radius 3 is 2.71 bits per heavy atom. The molecule has 0 aliphatic carbocycles. The van der Waals surface area contributed by atoms with Crippen LogP contribution in [0, 0.1) is 6.92 Å². The van der Waals surface area contributed by atoms with Crippen LogP contribution in [0.5, 0.6) is 5.75 Å². The molecule has 0 unspecified atom stereocenters. The lowest BCUT2D eigenvalue weighted by Crippen LogP contribution is -1.88. The third-order valence-corrected chi connectivity index (χ3v) is 3.38. The van der Waals surface area contributed by atoms with Crippen LogP contribution in [0.15, 0.2) is 35.0 Å². The van der Waals surface area contributed by atoms with E-state index in [4.69, 9.17) is 27.7 Å². The average Bonchev–Trinajstić information content (AvgIpc) is 2.87. The molecule has 0 spiro atoms. The molecule has 0 saturated carbocycles. The second-order valence-electron chi connectivity index (χ2n) is 4.41. The zero-order chi connectivity index (χ0) is 15.0. The molecule has 1 N–H and O–H groups in total. The van der Waals surface area contributed by atoms with Gasteiger partial charge in [-0.25, -0.2) is 4.98 Å². The summed E-state index contributed by atoms with van der Waals surface area (Å²) in [6.45, 7) is 1.84. The summed E-state index contributed by atoms with van der Waals surface area (Å²) in [6.07, 6.45) is 1.46. The van der Waals surface area contributed by atoms with E-state index in [2.05, 4.69) is 15.1 Å². The van der Waals surface area contributed by atoms with Crippen LogP contribution in [0.1, 0.15) is 5.56 Å². The summed E-state index contributed by atoms with van der Waals surface area (Å²) in [6, 6.07) is 6.44. The highest BCUT2D eigenvalue weighted by Gasteiger charge is 2.16. The summed E-state index contributed by atoms with van der Waals surface area (Å²) < 4.78 is 5.24. The van der Waals surface area contributed by atoms with E-state index in [9.17, 15) is 5.11 Å². The molecule has 21 heavy (non-hydrogen) atoms. The number of benzene rings is 1. The van der Waals surface area contributed by atoms with Gasteiger partial charge in [0, 0.05) is 11.8 Å². The predicted octanol–water partition coefficient (Wildman–Crippen LogP) is 4.12. The Morgan fingerprint density at radius 2 is 2.00 bits per heavy atom. The molecule has 0 fully saturated rings. The van der Waals surface area contributed by atoms with Crippen molar-refractivity contribution in [3.05, 3.63) is 46.1 Å². The van der Waals surface area contributed by atoms with Crippen LogP contribution >= 0.6 is 23.2 Å². The summed E-state index contributed by atoms with van der Waals surface area (Å²) in [5.74, 6) is 0.785. The first-order valence-corrected chi connectivity index (χ1v) is 6.75. The molecular weight excluding hydrogens is 313 g/mol. The van der Waals surface area contributed by atoms with Gasteiger partial charge in [0.1, 0.15) is 11.4 Å². The number of nitrogens with zero attached hydrogens (tertiary/aromatic N) is 3. The van der Waals surface area contributed by atoms with Crippen molar-refractivity contribution in [1.82, 2.24) is 15.1 Å². The topological polar surface area (TPSA) is 72.0 Å². The first-order valence-electron chi connectivity index (χ1n) is 5.99. The second-order valence-corrected chi connectivity index (χ2v) is 5.25. The molecule has 3 rings (SSSR count). The molecule has 1 aromatic carbocycles. The van der Waals surface area contributed by atoms with Crippen LogP contribution in [-0.2, 0) is 0 Å². The summed E-state index contributed by atoms with van der Waals surface area (Å²) in [5, 5.41) is 14.1. The van der Waals surface area contributed by atoms with E-state index in [0.717, 1.165) is 11.1 Å². The third kappa shape index (κ3) is 2.70. The summed E-state index contributed by atoms with van der Waals surface area (Å²) in [4.78, 5) is 8.39. The quantitative estimate of drug-likeness (QED) is 0.768. The van der Waals surface area contributed by atoms with Gasteiger partial charge in [-0.15, -0.1) is 0 Å². The van der Waals surface area contributed by atoms with Gasteiger partial charge in [-0.3, -0.25) is 0 Å². The Kier molecular flexibility index (Phi) is 3.53. The van der Waals surface area contributed by atoms with Gasteiger partial charge in [0.2, 0.25) is 5.82 Å². The van der Waals surface area contributed by atoms with E-state index in [1.165, 1.54) is 6.20 Å². The van der Waals surface area contributed by atoms with Gasteiger partial charge in [0.05, 0.1) is 10.0 Å². The number of hydrogen-bond acceptors (Lipinski definition) is 5. The van der Waals surface area contributed by atoms with Crippen molar-refractivity contribution in [2.45, 2.75) is 6.92 Å². The fourth-order valence-electron chi connectivity index (χ4n) is 1.90. The van der Waals surface area contributed by atoms with E-state index in [0.29, 0.717) is 21.6 Å². The van der Waals surface area contributed by atoms with Crippen LogP contribution in [0.4, 0.5) is 0 Å². The molecule has 0 aliphatic rings. The van der Waals surface area contributed by atoms with Crippen molar-refractivity contribution in [3.63, 3.8) is 0 Å². The summed E-state index contributed by atoms with van der Waals surface area (Å²) >= 11 is 11.9. The van der Waals surface area contributed by atoms with Crippen molar-refractivity contribution >= 4 is 23.2 Å². The van der Waals surface area contributed by atoms with Gasteiger partial charge >= 0.3 is 0 Å². The molecule has 5 nitrogen and oxygen atoms in total. The van der Waals surface area contributed by atoms with Gasteiger partial charge in [0.25, 0.3) is 5.89 Å². The number of phenolic OH excluding ortho intramolecular Hbond substituents is 1. The number of pyridine rings is 1. The van der Waals surface area contributed by atoms with Crippen LogP contribution in [0.3, 0.4) is 0 Å². The van der Waals surface area contributed by atoms with E-state index < -0.39 is 0 Å². The van der Waals surface area contributed by atoms with E-state index >= 15 is 0 Å². The second kappa shape index (κ2) is 5.35. The first kappa shape index (κ1) is 13.9. The van der Waals surface area contributed by atoms with Crippen LogP contribution in [-0.4, -0.2) is 20.2 Å². The zero-order valence-corrected chi connectivity index (χ0v) is 12.4. The lowest BCUT2D eigenvalue weighted by atomic mass is 10.1. The molecule has 0 aliphatic heterocycles. The van der Waals surface area contributed by atoms with Crippen LogP contribution in [0.25, 0.3) is 23.0 Å². The van der Waals surface area contributed by atoms with Crippen molar-refractivity contribution in [3.8, 4) is 28.7 Å². The maximum Gasteiger partial charge on any atom is 0.258 e. The lowest BCUT2D eigenvalue weighted by Gasteiger charge is -2.00. The SMILES string of the molecule is Cc1cc(O)ccc1-c1nc(-c2ncc(Cl)cc2Cl)no1. The highest BCUT2D eigenvalue weighted by Crippen LogP contribution is 2.29. The molecule has 106 valence electrons. The minimum Gasteiger partial charge on any atom is -0.508 e. The number of phenols is 1. The normalized spacial score (nSPS) is 10.8. The van der Waals surface area contributed by atoms with E-state index in [-0.39, 0.29) is 11.6 Å². The van der Waals surface area contributed by atoms with Crippen molar-refractivity contribution < 1.29 is 9.63 Å². The first-order chi connectivity index (χ1) is 10.0. The van der Waals surface area contributed by atoms with Crippen LogP contribution in [0.2, 0.25) is 10.0 Å². The molecule has 2 aromatic heterocycles. The van der Waals surface area contributed by atoms with Crippen molar-refractivity contribution in [1.29, 1.82) is 0 Å². The summed E-state index contributed by atoms with van der Waals surface area (Å²) in [7, 11) is 0. The van der Waals surface area contributed by atoms with Gasteiger partial charge in [-0.1, -0.05) is 28.4 Å². The minimum atomic E-state index is 0.179. The largest absolute Gasteiger partial charge is 0.508 e. The van der Waals surface area contributed by atoms with Crippen molar-refractivity contribution in [2.75, 3.05) is 0 Å². The van der Waals surface area contributed by atoms with Gasteiger partial charge < -0.3 is 9.63 Å². The smallest absolute Gasteiger partial charge is 0.258 e. The van der Waals surface area contributed by atoms with Gasteiger partial charge in [-0.05, 0) is 36.8 Å². The maximum absolute atomic E-state index is 9.42. The molecule has 0 amide bonds. The third-order valence-electron chi connectivity index (χ3n) is 2.89. The highest BCUT2D eigenvalue weighted by atomic mass is 35.5. The molecule has 3 aromatic rings. The Labute approximate surface area is 130 Å². The number of aromatic nitrogens is 3. The van der Waals surface area contributed by atoms with E-state index in [1.807, 2.05) is 6.92 Å². The lowest BCUT2D eigenvalue weighted by molar-refractivity contribution is 0.431. The van der Waals surface area contributed by atoms with E-state index in [1.54, 1.807) is 24.3 Å². The van der Waals surface area contributed by atoms with Crippen LogP contribution < -0.4 is 0 Å². The number of aromatic hydroxyl groups is 1. The highest BCUT2D eigenvalue weighted by molar-refractivity contribution is 6.35. The Hall–Kier alpha value is -2.11.